The number of aromatic nitrogens is 2. The molecule has 7 heteroatoms. The van der Waals surface area contributed by atoms with Crippen LogP contribution in [0.1, 0.15) is 22.5 Å². The van der Waals surface area contributed by atoms with Crippen LogP contribution in [0.2, 0.25) is 5.02 Å². The summed E-state index contributed by atoms with van der Waals surface area (Å²) < 4.78 is 7.27. The van der Waals surface area contributed by atoms with Crippen LogP contribution in [-0.2, 0) is 13.1 Å². The average Bonchev–Trinajstić information content (AvgIpc) is 2.95. The molecule has 146 valence electrons. The SMILES string of the molecule is COc1cccc(Cn2nc(C)c(NC(=S)NCc3ccc(Cl)cc3)c2C)c1. The van der Waals surface area contributed by atoms with Gasteiger partial charge in [0.15, 0.2) is 5.11 Å². The Balaban J connectivity index is 1.65. The van der Waals surface area contributed by atoms with Crippen LogP contribution in [0.3, 0.4) is 0 Å². The van der Waals surface area contributed by atoms with Gasteiger partial charge >= 0.3 is 0 Å². The number of hydrogen-bond donors (Lipinski definition) is 2. The van der Waals surface area contributed by atoms with E-state index in [4.69, 9.17) is 28.6 Å². The second-order valence-corrected chi connectivity index (χ2v) is 7.33. The third-order valence-electron chi connectivity index (χ3n) is 4.45. The Bertz CT molecular complexity index is 969. The Morgan fingerprint density at radius 3 is 2.61 bits per heavy atom. The molecule has 3 rings (SSSR count). The molecule has 0 bridgehead atoms. The van der Waals surface area contributed by atoms with E-state index < -0.39 is 0 Å². The van der Waals surface area contributed by atoms with E-state index in [1.165, 1.54) is 0 Å². The number of ether oxygens (including phenoxy) is 1. The van der Waals surface area contributed by atoms with Crippen LogP contribution in [0.15, 0.2) is 48.5 Å². The highest BCUT2D eigenvalue weighted by molar-refractivity contribution is 7.80. The lowest BCUT2D eigenvalue weighted by molar-refractivity contribution is 0.414. The summed E-state index contributed by atoms with van der Waals surface area (Å²) in [6, 6.07) is 15.7. The largest absolute Gasteiger partial charge is 0.497 e. The summed E-state index contributed by atoms with van der Waals surface area (Å²) in [5.74, 6) is 0.838. The van der Waals surface area contributed by atoms with Gasteiger partial charge in [-0.15, -0.1) is 0 Å². The molecule has 0 aliphatic heterocycles. The van der Waals surface area contributed by atoms with Crippen LogP contribution in [0.25, 0.3) is 0 Å². The van der Waals surface area contributed by atoms with E-state index in [2.05, 4.69) is 21.8 Å². The van der Waals surface area contributed by atoms with E-state index in [-0.39, 0.29) is 0 Å². The molecule has 28 heavy (non-hydrogen) atoms. The average molecular weight is 415 g/mol. The molecule has 0 aliphatic rings. The fraction of sp³-hybridized carbons (Fsp3) is 0.238. The van der Waals surface area contributed by atoms with Crippen molar-refractivity contribution in [3.05, 3.63) is 76.1 Å². The number of anilines is 1. The standard InChI is InChI=1S/C21H23ClN4OS/c1-14-20(24-21(28)23-12-16-7-9-18(22)10-8-16)15(2)26(25-14)13-17-5-4-6-19(11-17)27-3/h4-11H,12-13H2,1-3H3,(H2,23,24,28). The van der Waals surface area contributed by atoms with Crippen LogP contribution in [0, 0.1) is 13.8 Å². The third kappa shape index (κ3) is 5.03. The van der Waals surface area contributed by atoms with Gasteiger partial charge in [-0.2, -0.15) is 5.10 Å². The van der Waals surface area contributed by atoms with Crippen molar-refractivity contribution >= 4 is 34.6 Å². The van der Waals surface area contributed by atoms with Crippen molar-refractivity contribution in [1.29, 1.82) is 0 Å². The first-order chi connectivity index (χ1) is 13.5. The van der Waals surface area contributed by atoms with Gasteiger partial charge in [0.1, 0.15) is 5.75 Å². The van der Waals surface area contributed by atoms with Gasteiger partial charge in [0.2, 0.25) is 0 Å². The second-order valence-electron chi connectivity index (χ2n) is 6.49. The smallest absolute Gasteiger partial charge is 0.171 e. The van der Waals surface area contributed by atoms with Gasteiger partial charge in [-0.3, -0.25) is 4.68 Å². The number of methoxy groups -OCH3 is 1. The van der Waals surface area contributed by atoms with Gasteiger partial charge in [0, 0.05) is 11.6 Å². The number of halogens is 1. The molecular weight excluding hydrogens is 392 g/mol. The highest BCUT2D eigenvalue weighted by atomic mass is 35.5. The summed E-state index contributed by atoms with van der Waals surface area (Å²) in [4.78, 5) is 0. The van der Waals surface area contributed by atoms with Gasteiger partial charge in [0.05, 0.1) is 30.7 Å². The van der Waals surface area contributed by atoms with Gasteiger partial charge in [-0.25, -0.2) is 0 Å². The molecule has 1 heterocycles. The number of nitrogens with zero attached hydrogens (tertiary/aromatic N) is 2. The van der Waals surface area contributed by atoms with Gasteiger partial charge in [0.25, 0.3) is 0 Å². The monoisotopic (exact) mass is 414 g/mol. The topological polar surface area (TPSA) is 51.1 Å². The van der Waals surface area contributed by atoms with E-state index in [0.29, 0.717) is 18.2 Å². The molecule has 0 saturated heterocycles. The quantitative estimate of drug-likeness (QED) is 0.573. The minimum Gasteiger partial charge on any atom is -0.497 e. The number of hydrogen-bond acceptors (Lipinski definition) is 3. The van der Waals surface area contributed by atoms with E-state index in [0.717, 1.165) is 39.0 Å². The maximum atomic E-state index is 5.92. The van der Waals surface area contributed by atoms with Crippen LogP contribution < -0.4 is 15.4 Å². The molecule has 1 aromatic heterocycles. The number of rotatable bonds is 6. The lowest BCUT2D eigenvalue weighted by Gasteiger charge is -2.11. The van der Waals surface area contributed by atoms with Crippen LogP contribution in [0.4, 0.5) is 5.69 Å². The lowest BCUT2D eigenvalue weighted by Crippen LogP contribution is -2.28. The van der Waals surface area contributed by atoms with Crippen LogP contribution in [0.5, 0.6) is 5.75 Å². The zero-order chi connectivity index (χ0) is 20.1. The molecule has 5 nitrogen and oxygen atoms in total. The predicted molar refractivity (Wildman–Crippen MR) is 118 cm³/mol. The van der Waals surface area contributed by atoms with Crippen molar-refractivity contribution in [1.82, 2.24) is 15.1 Å². The molecule has 0 amide bonds. The Labute approximate surface area is 175 Å². The molecule has 2 N–H and O–H groups in total. The molecule has 0 saturated carbocycles. The normalized spacial score (nSPS) is 10.6. The van der Waals surface area contributed by atoms with Gasteiger partial charge in [-0.1, -0.05) is 35.9 Å². The first-order valence-electron chi connectivity index (χ1n) is 8.92. The van der Waals surface area contributed by atoms with Gasteiger partial charge in [-0.05, 0) is 61.5 Å². The third-order valence-corrected chi connectivity index (χ3v) is 4.95. The molecule has 0 atom stereocenters. The fourth-order valence-corrected chi connectivity index (χ4v) is 3.22. The molecular formula is C21H23ClN4OS. The highest BCUT2D eigenvalue weighted by Crippen LogP contribution is 2.21. The van der Waals surface area contributed by atoms with Crippen molar-refractivity contribution in [3.63, 3.8) is 0 Å². The van der Waals surface area contributed by atoms with E-state index in [1.807, 2.05) is 61.0 Å². The fourth-order valence-electron chi connectivity index (χ4n) is 2.92. The predicted octanol–water partition coefficient (Wildman–Crippen LogP) is 4.70. The number of thiocarbonyl (C=S) groups is 1. The minimum absolute atomic E-state index is 0.557. The van der Waals surface area contributed by atoms with Crippen molar-refractivity contribution in [3.8, 4) is 5.75 Å². The summed E-state index contributed by atoms with van der Waals surface area (Å²) in [6.45, 7) is 5.29. The van der Waals surface area contributed by atoms with Crippen LogP contribution >= 0.6 is 23.8 Å². The number of aryl methyl sites for hydroxylation is 1. The Morgan fingerprint density at radius 2 is 1.89 bits per heavy atom. The van der Waals surface area contributed by atoms with Crippen molar-refractivity contribution in [2.24, 2.45) is 0 Å². The summed E-state index contributed by atoms with van der Waals surface area (Å²) >= 11 is 11.4. The Hall–Kier alpha value is -2.57. The molecule has 0 spiro atoms. The molecule has 0 aliphatic carbocycles. The number of benzene rings is 2. The maximum Gasteiger partial charge on any atom is 0.171 e. The second kappa shape index (κ2) is 9.08. The Morgan fingerprint density at radius 1 is 1.14 bits per heavy atom. The Kier molecular flexibility index (Phi) is 6.54. The summed E-state index contributed by atoms with van der Waals surface area (Å²) in [5.41, 5.74) is 5.08. The highest BCUT2D eigenvalue weighted by Gasteiger charge is 2.13. The first kappa shape index (κ1) is 20.2. The summed E-state index contributed by atoms with van der Waals surface area (Å²) in [6.07, 6.45) is 0. The first-order valence-corrected chi connectivity index (χ1v) is 9.71. The zero-order valence-electron chi connectivity index (χ0n) is 16.1. The summed E-state index contributed by atoms with van der Waals surface area (Å²) in [5, 5.41) is 12.4. The minimum atomic E-state index is 0.557. The van der Waals surface area contributed by atoms with Crippen molar-refractivity contribution in [2.75, 3.05) is 12.4 Å². The van der Waals surface area contributed by atoms with E-state index in [1.54, 1.807) is 7.11 Å². The van der Waals surface area contributed by atoms with Crippen molar-refractivity contribution in [2.45, 2.75) is 26.9 Å². The zero-order valence-corrected chi connectivity index (χ0v) is 17.7. The lowest BCUT2D eigenvalue weighted by atomic mass is 10.2. The van der Waals surface area contributed by atoms with Gasteiger partial charge < -0.3 is 15.4 Å². The number of nitrogens with one attached hydrogen (secondary N) is 2. The maximum absolute atomic E-state index is 5.92. The van der Waals surface area contributed by atoms with Crippen LogP contribution in [-0.4, -0.2) is 22.0 Å². The van der Waals surface area contributed by atoms with E-state index >= 15 is 0 Å². The summed E-state index contributed by atoms with van der Waals surface area (Å²) in [7, 11) is 1.67. The molecule has 3 aromatic rings. The van der Waals surface area contributed by atoms with E-state index in [9.17, 15) is 0 Å². The molecule has 2 aromatic carbocycles. The van der Waals surface area contributed by atoms with Crippen molar-refractivity contribution < 1.29 is 4.74 Å². The molecule has 0 radical (unpaired) electrons. The molecule has 0 fully saturated rings. The molecule has 0 unspecified atom stereocenters.